The number of allylic oxidation sites excluding steroid dienone is 2. The van der Waals surface area contributed by atoms with E-state index in [1.165, 1.54) is 55.7 Å². The third-order valence-corrected chi connectivity index (χ3v) is 6.11. The van der Waals surface area contributed by atoms with E-state index in [1.807, 2.05) is 0 Å². The molecular weight excluding hydrogens is 388 g/mol. The highest BCUT2D eigenvalue weighted by atomic mass is 19.1. The van der Waals surface area contributed by atoms with Gasteiger partial charge in [0, 0.05) is 5.56 Å². The molecule has 1 saturated carbocycles. The first-order valence-electron chi connectivity index (χ1n) is 11.3. The van der Waals surface area contributed by atoms with E-state index in [0.717, 1.165) is 25.0 Å². The fourth-order valence-corrected chi connectivity index (χ4v) is 4.24. The molecule has 0 atom stereocenters. The lowest BCUT2D eigenvalue weighted by Crippen LogP contribution is -2.11. The summed E-state index contributed by atoms with van der Waals surface area (Å²) < 4.78 is 27.3. The van der Waals surface area contributed by atoms with Crippen LogP contribution in [-0.4, -0.2) is 0 Å². The van der Waals surface area contributed by atoms with Crippen LogP contribution in [0.15, 0.2) is 48.6 Å². The van der Waals surface area contributed by atoms with Crippen molar-refractivity contribution in [3.05, 3.63) is 82.4 Å². The Morgan fingerprint density at radius 3 is 2.29 bits per heavy atom. The Morgan fingerprint density at radius 1 is 1.00 bits per heavy atom. The molecule has 3 rings (SSSR count). The quantitative estimate of drug-likeness (QED) is 0.354. The number of nitriles is 1. The Balaban J connectivity index is 1.49. The highest BCUT2D eigenvalue weighted by molar-refractivity contribution is 5.43. The summed E-state index contributed by atoms with van der Waals surface area (Å²) in [5.41, 5.74) is 2.56. The summed E-state index contributed by atoms with van der Waals surface area (Å²) in [5.74, 6) is 4.99. The van der Waals surface area contributed by atoms with E-state index in [9.17, 15) is 8.78 Å². The minimum Gasteiger partial charge on any atom is -0.205 e. The summed E-state index contributed by atoms with van der Waals surface area (Å²) in [4.78, 5) is 0. The van der Waals surface area contributed by atoms with Crippen LogP contribution in [0.4, 0.5) is 8.78 Å². The fourth-order valence-electron chi connectivity index (χ4n) is 4.24. The molecule has 0 unspecified atom stereocenters. The molecule has 160 valence electrons. The predicted octanol–water partition coefficient (Wildman–Crippen LogP) is 7.45. The van der Waals surface area contributed by atoms with Crippen molar-refractivity contribution in [2.24, 2.45) is 5.92 Å². The number of hydrogen-bond donors (Lipinski definition) is 0. The number of unbranched alkanes of at least 4 members (excludes halogenated alkanes) is 2. The van der Waals surface area contributed by atoms with Crippen LogP contribution in [0.25, 0.3) is 0 Å². The van der Waals surface area contributed by atoms with E-state index < -0.39 is 17.2 Å². The van der Waals surface area contributed by atoms with Crippen molar-refractivity contribution in [3.8, 4) is 17.9 Å². The van der Waals surface area contributed by atoms with E-state index in [1.54, 1.807) is 6.08 Å². The lowest BCUT2D eigenvalue weighted by molar-refractivity contribution is 0.376. The van der Waals surface area contributed by atoms with Gasteiger partial charge in [0.25, 0.3) is 0 Å². The minimum absolute atomic E-state index is 0.237. The molecule has 1 aliphatic carbocycles. The Kier molecular flexibility index (Phi) is 8.43. The number of halogens is 2. The minimum atomic E-state index is -0.872. The van der Waals surface area contributed by atoms with E-state index in [0.29, 0.717) is 11.8 Å². The fraction of sp³-hybridized carbons (Fsp3) is 0.393. The van der Waals surface area contributed by atoms with Crippen LogP contribution in [0.5, 0.6) is 0 Å². The lowest BCUT2D eigenvalue weighted by Gasteiger charge is -2.27. The molecule has 0 bridgehead atoms. The standard InChI is InChI=1S/C28H29F2N/c1-2-3-4-7-21-10-14-24(15-11-21)25-16-12-22(13-17-25)8-5-6-9-23-18-27(29)26(20-31)28(30)19-23/h5,8,10-11,14-15,18-19,22,25H,2-4,7,12-13,16-17H2,1H3/b8-5+/t22-,25-. The van der Waals surface area contributed by atoms with Gasteiger partial charge in [0.2, 0.25) is 0 Å². The number of rotatable bonds is 6. The number of hydrogen-bond acceptors (Lipinski definition) is 1. The molecule has 0 N–H and O–H groups in total. The molecular formula is C28H29F2N. The van der Waals surface area contributed by atoms with Gasteiger partial charge < -0.3 is 0 Å². The van der Waals surface area contributed by atoms with Crippen molar-refractivity contribution < 1.29 is 8.78 Å². The topological polar surface area (TPSA) is 23.8 Å². The maximum absolute atomic E-state index is 13.6. The van der Waals surface area contributed by atoms with Crippen molar-refractivity contribution in [1.82, 2.24) is 0 Å². The van der Waals surface area contributed by atoms with Gasteiger partial charge in [-0.15, -0.1) is 0 Å². The third kappa shape index (κ3) is 6.53. The Labute approximate surface area is 184 Å². The molecule has 31 heavy (non-hydrogen) atoms. The summed E-state index contributed by atoms with van der Waals surface area (Å²) in [6.07, 6.45) is 13.5. The molecule has 2 aromatic rings. The van der Waals surface area contributed by atoms with Crippen molar-refractivity contribution in [1.29, 1.82) is 5.26 Å². The van der Waals surface area contributed by atoms with Gasteiger partial charge in [-0.2, -0.15) is 5.26 Å². The Morgan fingerprint density at radius 2 is 1.68 bits per heavy atom. The van der Waals surface area contributed by atoms with Crippen LogP contribution >= 0.6 is 0 Å². The second-order valence-corrected chi connectivity index (χ2v) is 8.37. The van der Waals surface area contributed by atoms with Gasteiger partial charge in [-0.1, -0.05) is 61.9 Å². The summed E-state index contributed by atoms with van der Waals surface area (Å²) >= 11 is 0. The molecule has 2 aromatic carbocycles. The van der Waals surface area contributed by atoms with E-state index in [4.69, 9.17) is 5.26 Å². The second kappa shape index (κ2) is 11.5. The van der Waals surface area contributed by atoms with Crippen LogP contribution in [0, 0.1) is 40.7 Å². The third-order valence-electron chi connectivity index (χ3n) is 6.11. The van der Waals surface area contributed by atoms with Crippen LogP contribution < -0.4 is 0 Å². The Hall–Kier alpha value is -2.91. The lowest BCUT2D eigenvalue weighted by atomic mass is 9.78. The Bertz CT molecular complexity index is 971. The van der Waals surface area contributed by atoms with Crippen LogP contribution in [0.1, 0.15) is 80.0 Å². The average molecular weight is 418 g/mol. The second-order valence-electron chi connectivity index (χ2n) is 8.37. The predicted molar refractivity (Wildman–Crippen MR) is 121 cm³/mol. The summed E-state index contributed by atoms with van der Waals surface area (Å²) in [6, 6.07) is 12.9. The number of nitrogens with zero attached hydrogens (tertiary/aromatic N) is 1. The molecule has 0 amide bonds. The smallest absolute Gasteiger partial charge is 0.145 e. The first kappa shape index (κ1) is 22.8. The van der Waals surface area contributed by atoms with Crippen molar-refractivity contribution in [3.63, 3.8) is 0 Å². The van der Waals surface area contributed by atoms with Gasteiger partial charge in [0.05, 0.1) is 0 Å². The van der Waals surface area contributed by atoms with E-state index in [2.05, 4.69) is 49.1 Å². The van der Waals surface area contributed by atoms with Gasteiger partial charge in [-0.25, -0.2) is 8.78 Å². The zero-order valence-electron chi connectivity index (χ0n) is 18.1. The highest BCUT2D eigenvalue weighted by Gasteiger charge is 2.20. The zero-order chi connectivity index (χ0) is 22.1. The molecule has 1 nitrogen and oxygen atoms in total. The monoisotopic (exact) mass is 417 g/mol. The molecule has 3 heteroatoms. The van der Waals surface area contributed by atoms with Crippen LogP contribution in [-0.2, 0) is 6.42 Å². The molecule has 0 spiro atoms. The number of benzene rings is 2. The number of aryl methyl sites for hydroxylation is 1. The first-order valence-corrected chi connectivity index (χ1v) is 11.3. The SMILES string of the molecule is CCCCCc1ccc([C@H]2CC[C@H](/C=C/C#Cc3cc(F)c(C#N)c(F)c3)CC2)cc1. The zero-order valence-corrected chi connectivity index (χ0v) is 18.1. The van der Waals surface area contributed by atoms with Crippen molar-refractivity contribution in [2.75, 3.05) is 0 Å². The maximum atomic E-state index is 13.6. The molecule has 0 saturated heterocycles. The van der Waals surface area contributed by atoms with Gasteiger partial charge in [-0.05, 0) is 79.7 Å². The molecule has 1 fully saturated rings. The average Bonchev–Trinajstić information content (AvgIpc) is 2.78. The van der Waals surface area contributed by atoms with Crippen LogP contribution in [0.3, 0.4) is 0 Å². The van der Waals surface area contributed by atoms with E-state index >= 15 is 0 Å². The maximum Gasteiger partial charge on any atom is 0.145 e. The van der Waals surface area contributed by atoms with E-state index in [-0.39, 0.29) is 5.56 Å². The van der Waals surface area contributed by atoms with Crippen molar-refractivity contribution >= 4 is 0 Å². The highest BCUT2D eigenvalue weighted by Crippen LogP contribution is 2.36. The van der Waals surface area contributed by atoms with Crippen molar-refractivity contribution in [2.45, 2.75) is 64.2 Å². The van der Waals surface area contributed by atoms with Gasteiger partial charge in [0.15, 0.2) is 0 Å². The van der Waals surface area contributed by atoms with Gasteiger partial charge in [-0.3, -0.25) is 0 Å². The molecule has 0 radical (unpaired) electrons. The summed E-state index contributed by atoms with van der Waals surface area (Å²) in [6.45, 7) is 2.23. The van der Waals surface area contributed by atoms with Gasteiger partial charge in [0.1, 0.15) is 23.3 Å². The normalized spacial score (nSPS) is 18.4. The molecule has 0 aliphatic heterocycles. The van der Waals surface area contributed by atoms with Gasteiger partial charge >= 0.3 is 0 Å². The largest absolute Gasteiger partial charge is 0.205 e. The first-order chi connectivity index (χ1) is 15.1. The molecule has 0 heterocycles. The molecule has 0 aromatic heterocycles. The van der Waals surface area contributed by atoms with Crippen LogP contribution in [0.2, 0.25) is 0 Å². The summed E-state index contributed by atoms with van der Waals surface area (Å²) in [5, 5.41) is 8.71. The summed E-state index contributed by atoms with van der Waals surface area (Å²) in [7, 11) is 0. The molecule has 1 aliphatic rings.